The van der Waals surface area contributed by atoms with Crippen molar-refractivity contribution in [2.75, 3.05) is 25.6 Å². The van der Waals surface area contributed by atoms with Crippen LogP contribution in [0.2, 0.25) is 5.15 Å². The van der Waals surface area contributed by atoms with Gasteiger partial charge >= 0.3 is 5.97 Å². The van der Waals surface area contributed by atoms with Crippen LogP contribution in [0.15, 0.2) is 12.3 Å². The minimum Gasteiger partial charge on any atom is -0.462 e. The van der Waals surface area contributed by atoms with Gasteiger partial charge in [-0.25, -0.2) is 9.78 Å². The van der Waals surface area contributed by atoms with E-state index in [9.17, 15) is 4.79 Å². The Labute approximate surface area is 93.8 Å². The molecule has 15 heavy (non-hydrogen) atoms. The van der Waals surface area contributed by atoms with Crippen molar-refractivity contribution >= 4 is 23.3 Å². The molecule has 4 nitrogen and oxygen atoms in total. The Morgan fingerprint density at radius 3 is 2.80 bits per heavy atom. The van der Waals surface area contributed by atoms with Crippen molar-refractivity contribution in [3.63, 3.8) is 0 Å². The summed E-state index contributed by atoms with van der Waals surface area (Å²) in [6, 6.07) is 1.66. The molecule has 1 aromatic rings. The first-order chi connectivity index (χ1) is 7.06. The van der Waals surface area contributed by atoms with Gasteiger partial charge in [0.25, 0.3) is 0 Å². The predicted molar refractivity (Wildman–Crippen MR) is 59.5 cm³/mol. The second-order valence-corrected chi connectivity index (χ2v) is 3.50. The third-order valence-corrected chi connectivity index (χ3v) is 2.14. The maximum absolute atomic E-state index is 11.5. The highest BCUT2D eigenvalue weighted by Gasteiger charge is 2.13. The number of anilines is 1. The zero-order chi connectivity index (χ0) is 11.4. The summed E-state index contributed by atoms with van der Waals surface area (Å²) in [6.07, 6.45) is 1.60. The molecule has 0 radical (unpaired) electrons. The maximum Gasteiger partial charge on any atom is 0.341 e. The quantitative estimate of drug-likeness (QED) is 0.586. The van der Waals surface area contributed by atoms with Gasteiger partial charge in [-0.2, -0.15) is 0 Å². The summed E-state index contributed by atoms with van der Waals surface area (Å²) in [5, 5.41) is 0.166. The molecule has 5 heteroatoms. The van der Waals surface area contributed by atoms with Crippen LogP contribution in [0.5, 0.6) is 0 Å². The van der Waals surface area contributed by atoms with E-state index in [-0.39, 0.29) is 5.15 Å². The van der Waals surface area contributed by atoms with E-state index >= 15 is 0 Å². The Balaban J connectivity index is 3.05. The minimum absolute atomic E-state index is 0.166. The summed E-state index contributed by atoms with van der Waals surface area (Å²) in [6.45, 7) is 2.07. The fraction of sp³-hybridized carbons (Fsp3) is 0.400. The van der Waals surface area contributed by atoms with Crippen molar-refractivity contribution < 1.29 is 9.53 Å². The van der Waals surface area contributed by atoms with Crippen LogP contribution >= 0.6 is 11.6 Å². The van der Waals surface area contributed by atoms with Crippen molar-refractivity contribution in [1.29, 1.82) is 0 Å². The van der Waals surface area contributed by atoms with E-state index in [2.05, 4.69) is 4.98 Å². The number of carbonyl (C=O) groups excluding carboxylic acids is 1. The van der Waals surface area contributed by atoms with E-state index in [0.717, 1.165) is 5.69 Å². The van der Waals surface area contributed by atoms with Crippen LogP contribution in [-0.2, 0) is 4.74 Å². The Morgan fingerprint density at radius 2 is 2.27 bits per heavy atom. The number of halogens is 1. The summed E-state index contributed by atoms with van der Waals surface area (Å²) in [5.41, 5.74) is 1.10. The largest absolute Gasteiger partial charge is 0.462 e. The molecule has 0 amide bonds. The zero-order valence-corrected chi connectivity index (χ0v) is 9.71. The monoisotopic (exact) mass is 228 g/mol. The Bertz CT molecular complexity index is 366. The fourth-order valence-corrected chi connectivity index (χ4v) is 1.21. The second kappa shape index (κ2) is 4.98. The van der Waals surface area contributed by atoms with E-state index in [1.165, 1.54) is 0 Å². The van der Waals surface area contributed by atoms with Crippen molar-refractivity contribution in [2.45, 2.75) is 6.92 Å². The number of esters is 1. The third kappa shape index (κ3) is 2.83. The van der Waals surface area contributed by atoms with Crippen LogP contribution in [0.4, 0.5) is 5.69 Å². The van der Waals surface area contributed by atoms with Gasteiger partial charge in [0, 0.05) is 14.1 Å². The van der Waals surface area contributed by atoms with Gasteiger partial charge in [-0.05, 0) is 13.0 Å². The third-order valence-electron chi connectivity index (χ3n) is 1.84. The molecule has 0 aliphatic rings. The average molecular weight is 229 g/mol. The van der Waals surface area contributed by atoms with E-state index in [0.29, 0.717) is 12.2 Å². The minimum atomic E-state index is -0.446. The van der Waals surface area contributed by atoms with Gasteiger partial charge in [0.05, 0.1) is 24.1 Å². The highest BCUT2D eigenvalue weighted by molar-refractivity contribution is 6.32. The topological polar surface area (TPSA) is 42.4 Å². The molecule has 0 unspecified atom stereocenters. The van der Waals surface area contributed by atoms with Crippen LogP contribution in [0.25, 0.3) is 0 Å². The number of carbonyl (C=O) groups is 1. The van der Waals surface area contributed by atoms with Crippen LogP contribution in [-0.4, -0.2) is 31.7 Å². The molecule has 0 aromatic carbocycles. The SMILES string of the molecule is CCOC(=O)c1cc(N(C)C)cnc1Cl. The van der Waals surface area contributed by atoms with Crippen LogP contribution < -0.4 is 4.90 Å². The maximum atomic E-state index is 11.5. The summed E-state index contributed by atoms with van der Waals surface area (Å²) >= 11 is 5.80. The van der Waals surface area contributed by atoms with Crippen molar-refractivity contribution in [3.05, 3.63) is 23.0 Å². The fourth-order valence-electron chi connectivity index (χ4n) is 1.03. The van der Waals surface area contributed by atoms with Gasteiger partial charge in [0.1, 0.15) is 5.15 Å². The molecular weight excluding hydrogens is 216 g/mol. The number of nitrogens with zero attached hydrogens (tertiary/aromatic N) is 2. The molecule has 0 atom stereocenters. The standard InChI is InChI=1S/C10H13ClN2O2/c1-4-15-10(14)8-5-7(13(2)3)6-12-9(8)11/h5-6H,4H2,1-3H3. The second-order valence-electron chi connectivity index (χ2n) is 3.15. The molecule has 0 saturated heterocycles. The number of aromatic nitrogens is 1. The van der Waals surface area contributed by atoms with E-state index in [1.807, 2.05) is 19.0 Å². The molecule has 82 valence electrons. The van der Waals surface area contributed by atoms with Crippen LogP contribution in [0.1, 0.15) is 17.3 Å². The molecule has 0 spiro atoms. The van der Waals surface area contributed by atoms with Crippen LogP contribution in [0, 0.1) is 0 Å². The number of hydrogen-bond donors (Lipinski definition) is 0. The molecule has 1 aromatic heterocycles. The Kier molecular flexibility index (Phi) is 3.91. The summed E-state index contributed by atoms with van der Waals surface area (Å²) < 4.78 is 4.86. The molecule has 1 rings (SSSR count). The molecular formula is C10H13ClN2O2. The normalized spacial score (nSPS) is 9.87. The lowest BCUT2D eigenvalue weighted by Gasteiger charge is -2.13. The van der Waals surface area contributed by atoms with Gasteiger partial charge in [-0.15, -0.1) is 0 Å². The molecule has 0 aliphatic heterocycles. The number of rotatable bonds is 3. The Hall–Kier alpha value is -1.29. The number of hydrogen-bond acceptors (Lipinski definition) is 4. The summed E-state index contributed by atoms with van der Waals surface area (Å²) in [7, 11) is 3.72. The number of ether oxygens (including phenoxy) is 1. The lowest BCUT2D eigenvalue weighted by Crippen LogP contribution is -2.12. The summed E-state index contributed by atoms with van der Waals surface area (Å²) in [5.74, 6) is -0.446. The van der Waals surface area contributed by atoms with Gasteiger partial charge in [0.15, 0.2) is 0 Å². The lowest BCUT2D eigenvalue weighted by molar-refractivity contribution is 0.0526. The molecule has 0 aliphatic carbocycles. The van der Waals surface area contributed by atoms with E-state index in [1.54, 1.807) is 19.2 Å². The smallest absolute Gasteiger partial charge is 0.341 e. The highest BCUT2D eigenvalue weighted by atomic mass is 35.5. The molecule has 0 N–H and O–H groups in total. The van der Waals surface area contributed by atoms with E-state index in [4.69, 9.17) is 16.3 Å². The van der Waals surface area contributed by atoms with Crippen molar-refractivity contribution in [2.24, 2.45) is 0 Å². The highest BCUT2D eigenvalue weighted by Crippen LogP contribution is 2.19. The molecule has 1 heterocycles. The molecule has 0 fully saturated rings. The van der Waals surface area contributed by atoms with Crippen molar-refractivity contribution in [3.8, 4) is 0 Å². The van der Waals surface area contributed by atoms with Gasteiger partial charge < -0.3 is 9.64 Å². The molecule has 0 bridgehead atoms. The van der Waals surface area contributed by atoms with Crippen LogP contribution in [0.3, 0.4) is 0 Å². The predicted octanol–water partition coefficient (Wildman–Crippen LogP) is 1.98. The zero-order valence-electron chi connectivity index (χ0n) is 8.95. The van der Waals surface area contributed by atoms with E-state index < -0.39 is 5.97 Å². The first-order valence-electron chi connectivity index (χ1n) is 4.56. The Morgan fingerprint density at radius 1 is 1.60 bits per heavy atom. The molecule has 0 saturated carbocycles. The van der Waals surface area contributed by atoms with Gasteiger partial charge in [-0.1, -0.05) is 11.6 Å². The van der Waals surface area contributed by atoms with Gasteiger partial charge in [-0.3, -0.25) is 0 Å². The number of pyridine rings is 1. The van der Waals surface area contributed by atoms with Gasteiger partial charge in [0.2, 0.25) is 0 Å². The lowest BCUT2D eigenvalue weighted by atomic mass is 10.2. The first kappa shape index (κ1) is 11.8. The average Bonchev–Trinajstić information content (AvgIpc) is 2.18. The first-order valence-corrected chi connectivity index (χ1v) is 4.94. The van der Waals surface area contributed by atoms with Crippen molar-refractivity contribution in [1.82, 2.24) is 4.98 Å². The summed E-state index contributed by atoms with van der Waals surface area (Å²) in [4.78, 5) is 17.2.